The van der Waals surface area contributed by atoms with Gasteiger partial charge < -0.3 is 4.90 Å². The fraction of sp³-hybridized carbons (Fsp3) is 0.174. The zero-order valence-corrected chi connectivity index (χ0v) is 17.6. The van der Waals surface area contributed by atoms with Crippen LogP contribution in [-0.2, 0) is 6.42 Å². The lowest BCUT2D eigenvalue weighted by Gasteiger charge is -2.21. The minimum atomic E-state index is 0.581. The highest BCUT2D eigenvalue weighted by molar-refractivity contribution is 5.81. The first-order valence-electron chi connectivity index (χ1n) is 10.2. The van der Waals surface area contributed by atoms with Crippen LogP contribution in [0.4, 0.5) is 11.5 Å². The van der Waals surface area contributed by atoms with E-state index >= 15 is 0 Å². The van der Waals surface area contributed by atoms with E-state index in [1.165, 1.54) is 0 Å². The summed E-state index contributed by atoms with van der Waals surface area (Å²) in [7, 11) is 2.05. The molecule has 0 bridgehead atoms. The summed E-state index contributed by atoms with van der Waals surface area (Å²) in [6.45, 7) is 4.15. The van der Waals surface area contributed by atoms with Crippen LogP contribution in [0, 0.1) is 6.92 Å². The molecule has 0 unspecified atom stereocenters. The van der Waals surface area contributed by atoms with Crippen molar-refractivity contribution in [1.29, 1.82) is 0 Å². The molecule has 8 heteroatoms. The molecular weight excluding hydrogens is 388 g/mol. The topological polar surface area (TPSA) is 87.9 Å². The van der Waals surface area contributed by atoms with Crippen LogP contribution < -0.4 is 4.90 Å². The summed E-state index contributed by atoms with van der Waals surface area (Å²) < 4.78 is 1.90. The SMILES string of the molecule is CCc1cc(N(C)c2ccc(-c3ccccc3-c3nn[nH]n3)cc2)n2ncc(C)c2n1. The van der Waals surface area contributed by atoms with Crippen molar-refractivity contribution in [1.82, 2.24) is 35.2 Å². The predicted octanol–water partition coefficient (Wildman–Crippen LogP) is 4.22. The largest absolute Gasteiger partial charge is 0.329 e. The summed E-state index contributed by atoms with van der Waals surface area (Å²) in [5.74, 6) is 1.56. The minimum absolute atomic E-state index is 0.581. The molecular formula is C23H22N8. The van der Waals surface area contributed by atoms with Gasteiger partial charge in [0.15, 0.2) is 5.65 Å². The Hall–Kier alpha value is -4.07. The van der Waals surface area contributed by atoms with Crippen molar-refractivity contribution >= 4 is 17.2 Å². The van der Waals surface area contributed by atoms with Gasteiger partial charge in [0, 0.05) is 35.6 Å². The minimum Gasteiger partial charge on any atom is -0.329 e. The quantitative estimate of drug-likeness (QED) is 0.467. The van der Waals surface area contributed by atoms with E-state index in [0.29, 0.717) is 5.82 Å². The summed E-state index contributed by atoms with van der Waals surface area (Å²) in [5, 5.41) is 19.0. The molecule has 0 saturated carbocycles. The third-order valence-electron chi connectivity index (χ3n) is 5.47. The van der Waals surface area contributed by atoms with Gasteiger partial charge in [0.25, 0.3) is 0 Å². The highest BCUT2D eigenvalue weighted by atomic mass is 15.5. The van der Waals surface area contributed by atoms with Gasteiger partial charge in [0.1, 0.15) is 5.82 Å². The van der Waals surface area contributed by atoms with Crippen LogP contribution in [0.5, 0.6) is 0 Å². The molecule has 5 rings (SSSR count). The molecule has 3 heterocycles. The van der Waals surface area contributed by atoms with E-state index in [4.69, 9.17) is 4.98 Å². The van der Waals surface area contributed by atoms with Crippen LogP contribution in [0.3, 0.4) is 0 Å². The fourth-order valence-corrected chi connectivity index (χ4v) is 3.73. The lowest BCUT2D eigenvalue weighted by atomic mass is 9.99. The molecule has 154 valence electrons. The first-order chi connectivity index (χ1) is 15.2. The average Bonchev–Trinajstić information content (AvgIpc) is 3.49. The van der Waals surface area contributed by atoms with Crippen molar-refractivity contribution in [3.8, 4) is 22.5 Å². The van der Waals surface area contributed by atoms with Crippen LogP contribution in [-0.4, -0.2) is 42.3 Å². The van der Waals surface area contributed by atoms with E-state index < -0.39 is 0 Å². The zero-order chi connectivity index (χ0) is 21.4. The molecule has 0 amide bonds. The number of benzene rings is 2. The van der Waals surface area contributed by atoms with Crippen molar-refractivity contribution in [3.63, 3.8) is 0 Å². The van der Waals surface area contributed by atoms with Crippen LogP contribution in [0.1, 0.15) is 18.2 Å². The number of nitrogens with one attached hydrogen (secondary N) is 1. The highest BCUT2D eigenvalue weighted by Gasteiger charge is 2.15. The Kier molecular flexibility index (Phi) is 4.66. The normalized spacial score (nSPS) is 11.2. The van der Waals surface area contributed by atoms with Crippen LogP contribution in [0.25, 0.3) is 28.2 Å². The van der Waals surface area contributed by atoms with Gasteiger partial charge >= 0.3 is 0 Å². The molecule has 0 fully saturated rings. The lowest BCUT2D eigenvalue weighted by Crippen LogP contribution is -2.15. The Morgan fingerprint density at radius 1 is 1.03 bits per heavy atom. The second-order valence-electron chi connectivity index (χ2n) is 7.41. The number of nitrogens with zero attached hydrogens (tertiary/aromatic N) is 7. The summed E-state index contributed by atoms with van der Waals surface area (Å²) in [6.07, 6.45) is 2.73. The van der Waals surface area contributed by atoms with Gasteiger partial charge in [-0.15, -0.1) is 10.2 Å². The zero-order valence-electron chi connectivity index (χ0n) is 17.6. The Balaban J connectivity index is 1.53. The summed E-state index contributed by atoms with van der Waals surface area (Å²) in [6, 6.07) is 18.6. The Morgan fingerprint density at radius 2 is 1.81 bits per heavy atom. The van der Waals surface area contributed by atoms with Gasteiger partial charge in [-0.2, -0.15) is 14.8 Å². The van der Waals surface area contributed by atoms with Gasteiger partial charge in [-0.05, 0) is 41.8 Å². The number of anilines is 2. The van der Waals surface area contributed by atoms with E-state index in [0.717, 1.165) is 51.5 Å². The van der Waals surface area contributed by atoms with Crippen molar-refractivity contribution in [2.24, 2.45) is 0 Å². The number of aryl methyl sites for hydroxylation is 2. The molecule has 2 aromatic carbocycles. The number of H-pyrrole nitrogens is 1. The Bertz CT molecular complexity index is 1340. The van der Waals surface area contributed by atoms with Crippen molar-refractivity contribution in [3.05, 3.63) is 72.1 Å². The maximum atomic E-state index is 4.73. The molecule has 0 saturated heterocycles. The maximum absolute atomic E-state index is 4.73. The van der Waals surface area contributed by atoms with Crippen molar-refractivity contribution in [2.75, 3.05) is 11.9 Å². The van der Waals surface area contributed by atoms with E-state index in [1.807, 2.05) is 42.9 Å². The molecule has 1 N–H and O–H groups in total. The average molecular weight is 410 g/mol. The van der Waals surface area contributed by atoms with E-state index in [2.05, 4.69) is 73.9 Å². The van der Waals surface area contributed by atoms with E-state index in [-0.39, 0.29) is 0 Å². The van der Waals surface area contributed by atoms with Crippen molar-refractivity contribution in [2.45, 2.75) is 20.3 Å². The van der Waals surface area contributed by atoms with Gasteiger partial charge in [-0.1, -0.05) is 43.3 Å². The predicted molar refractivity (Wildman–Crippen MR) is 120 cm³/mol. The number of tetrazole rings is 1. The molecule has 0 atom stereocenters. The first kappa shape index (κ1) is 18.9. The van der Waals surface area contributed by atoms with Crippen LogP contribution in [0.15, 0.2) is 60.8 Å². The van der Waals surface area contributed by atoms with Gasteiger partial charge in [0.05, 0.1) is 6.20 Å². The third-order valence-corrected chi connectivity index (χ3v) is 5.47. The summed E-state index contributed by atoms with van der Waals surface area (Å²) in [5.41, 5.74) is 7.15. The molecule has 5 aromatic rings. The molecule has 0 spiro atoms. The van der Waals surface area contributed by atoms with Crippen LogP contribution >= 0.6 is 0 Å². The fourth-order valence-electron chi connectivity index (χ4n) is 3.73. The standard InChI is InChI=1S/C23H22N8/c1-4-17-13-21(31-23(25-17)15(2)14-24-31)30(3)18-11-9-16(10-12-18)19-7-5-6-8-20(19)22-26-28-29-27-22/h5-14H,4H2,1-3H3,(H,26,27,28,29). The number of fused-ring (bicyclic) bond motifs is 1. The third kappa shape index (κ3) is 3.31. The second-order valence-corrected chi connectivity index (χ2v) is 7.41. The van der Waals surface area contributed by atoms with Crippen molar-refractivity contribution < 1.29 is 0 Å². The van der Waals surface area contributed by atoms with Gasteiger partial charge in [0.2, 0.25) is 5.82 Å². The maximum Gasteiger partial charge on any atom is 0.205 e. The number of aromatic amines is 1. The molecule has 0 aliphatic carbocycles. The molecule has 31 heavy (non-hydrogen) atoms. The first-order valence-corrected chi connectivity index (χ1v) is 10.2. The molecule has 3 aromatic heterocycles. The van der Waals surface area contributed by atoms with Gasteiger partial charge in [-0.25, -0.2) is 4.98 Å². The number of rotatable bonds is 5. The monoisotopic (exact) mass is 410 g/mol. The Labute approximate surface area is 179 Å². The molecule has 0 radical (unpaired) electrons. The Morgan fingerprint density at radius 3 is 2.52 bits per heavy atom. The molecule has 8 nitrogen and oxygen atoms in total. The molecule has 0 aliphatic rings. The van der Waals surface area contributed by atoms with E-state index in [1.54, 1.807) is 0 Å². The summed E-state index contributed by atoms with van der Waals surface area (Å²) in [4.78, 5) is 6.87. The number of aromatic nitrogens is 7. The summed E-state index contributed by atoms with van der Waals surface area (Å²) >= 11 is 0. The van der Waals surface area contributed by atoms with Gasteiger partial charge in [-0.3, -0.25) is 0 Å². The van der Waals surface area contributed by atoms with E-state index in [9.17, 15) is 0 Å². The highest BCUT2D eigenvalue weighted by Crippen LogP contribution is 2.32. The molecule has 0 aliphatic heterocycles. The number of hydrogen-bond donors (Lipinski definition) is 1. The number of hydrogen-bond acceptors (Lipinski definition) is 6. The second kappa shape index (κ2) is 7.64. The van der Waals surface area contributed by atoms with Crippen LogP contribution in [0.2, 0.25) is 0 Å². The lowest BCUT2D eigenvalue weighted by molar-refractivity contribution is 0.881. The smallest absolute Gasteiger partial charge is 0.205 e.